The molecule has 0 atom stereocenters. The summed E-state index contributed by atoms with van der Waals surface area (Å²) in [5.74, 6) is 2.46. The van der Waals surface area contributed by atoms with Crippen molar-refractivity contribution in [2.24, 2.45) is 5.92 Å². The van der Waals surface area contributed by atoms with Crippen molar-refractivity contribution in [1.82, 2.24) is 5.32 Å². The highest BCUT2D eigenvalue weighted by atomic mass is 32.1. The quantitative estimate of drug-likeness (QED) is 0.502. The molecular weight excluding hydrogens is 138 g/mol. The van der Waals surface area contributed by atoms with Crippen molar-refractivity contribution in [2.45, 2.75) is 0 Å². The van der Waals surface area contributed by atoms with Crippen LogP contribution >= 0.6 is 25.3 Å². The van der Waals surface area contributed by atoms with E-state index in [1.807, 2.05) is 7.05 Å². The Morgan fingerprint density at radius 1 is 1.38 bits per heavy atom. The molecule has 3 heteroatoms. The van der Waals surface area contributed by atoms with E-state index in [1.54, 1.807) is 0 Å². The molecule has 0 rings (SSSR count). The zero-order valence-electron chi connectivity index (χ0n) is 5.09. The van der Waals surface area contributed by atoms with Gasteiger partial charge < -0.3 is 5.32 Å². The molecule has 0 amide bonds. The monoisotopic (exact) mass is 151 g/mol. The third-order valence-electron chi connectivity index (χ3n) is 1.01. The molecule has 1 nitrogen and oxygen atoms in total. The molecule has 0 saturated carbocycles. The topological polar surface area (TPSA) is 12.0 Å². The lowest BCUT2D eigenvalue weighted by Crippen LogP contribution is -2.21. The Morgan fingerprint density at radius 3 is 2.00 bits per heavy atom. The first-order valence-electron chi connectivity index (χ1n) is 2.71. The van der Waals surface area contributed by atoms with E-state index in [1.165, 1.54) is 0 Å². The zero-order chi connectivity index (χ0) is 6.41. The molecule has 8 heavy (non-hydrogen) atoms. The molecule has 0 aromatic carbocycles. The van der Waals surface area contributed by atoms with E-state index >= 15 is 0 Å². The minimum absolute atomic E-state index is 0.617. The lowest BCUT2D eigenvalue weighted by atomic mass is 10.2. The fraction of sp³-hybridized carbons (Fsp3) is 1.00. The SMILES string of the molecule is CNCC(CS)CS. The van der Waals surface area contributed by atoms with Gasteiger partial charge in [-0.05, 0) is 31.0 Å². The van der Waals surface area contributed by atoms with Gasteiger partial charge in [-0.15, -0.1) is 0 Å². The van der Waals surface area contributed by atoms with Crippen molar-refractivity contribution >= 4 is 25.3 Å². The normalized spacial score (nSPS) is 10.5. The Kier molecular flexibility index (Phi) is 6.27. The van der Waals surface area contributed by atoms with Crippen molar-refractivity contribution < 1.29 is 0 Å². The minimum atomic E-state index is 0.617. The van der Waals surface area contributed by atoms with E-state index in [4.69, 9.17) is 0 Å². The molecule has 0 aliphatic carbocycles. The van der Waals surface area contributed by atoms with Crippen molar-refractivity contribution in [2.75, 3.05) is 25.1 Å². The number of hydrogen-bond acceptors (Lipinski definition) is 3. The Morgan fingerprint density at radius 2 is 1.88 bits per heavy atom. The first kappa shape index (κ1) is 8.66. The van der Waals surface area contributed by atoms with Crippen LogP contribution in [0.5, 0.6) is 0 Å². The lowest BCUT2D eigenvalue weighted by molar-refractivity contribution is 0.615. The summed E-state index contributed by atoms with van der Waals surface area (Å²) in [6, 6.07) is 0. The van der Waals surface area contributed by atoms with E-state index in [9.17, 15) is 0 Å². The van der Waals surface area contributed by atoms with Crippen LogP contribution in [0.2, 0.25) is 0 Å². The predicted molar refractivity (Wildman–Crippen MR) is 45.1 cm³/mol. The Balaban J connectivity index is 3.07. The van der Waals surface area contributed by atoms with Crippen LogP contribution < -0.4 is 5.32 Å². The summed E-state index contributed by atoms with van der Waals surface area (Å²) >= 11 is 8.28. The Labute approximate surface area is 62.1 Å². The van der Waals surface area contributed by atoms with E-state index in [0.717, 1.165) is 18.1 Å². The van der Waals surface area contributed by atoms with Gasteiger partial charge in [-0.2, -0.15) is 25.3 Å². The van der Waals surface area contributed by atoms with Crippen molar-refractivity contribution in [3.8, 4) is 0 Å². The van der Waals surface area contributed by atoms with Crippen LogP contribution in [-0.4, -0.2) is 25.1 Å². The molecule has 0 saturated heterocycles. The van der Waals surface area contributed by atoms with E-state index in [2.05, 4.69) is 30.6 Å². The van der Waals surface area contributed by atoms with Gasteiger partial charge in [0.2, 0.25) is 0 Å². The van der Waals surface area contributed by atoms with Gasteiger partial charge in [-0.25, -0.2) is 0 Å². The van der Waals surface area contributed by atoms with Crippen LogP contribution in [-0.2, 0) is 0 Å². The summed E-state index contributed by atoms with van der Waals surface area (Å²) in [4.78, 5) is 0. The number of nitrogens with one attached hydrogen (secondary N) is 1. The standard InChI is InChI=1S/C5H13NS2/c1-6-2-5(3-7)4-8/h5-8H,2-4H2,1H3. The predicted octanol–water partition coefficient (Wildman–Crippen LogP) is 0.682. The van der Waals surface area contributed by atoms with E-state index < -0.39 is 0 Å². The van der Waals surface area contributed by atoms with Gasteiger partial charge in [-0.3, -0.25) is 0 Å². The fourth-order valence-corrected chi connectivity index (χ4v) is 1.20. The molecule has 0 spiro atoms. The van der Waals surface area contributed by atoms with Crippen LogP contribution in [0.1, 0.15) is 0 Å². The van der Waals surface area contributed by atoms with Crippen LogP contribution in [0, 0.1) is 5.92 Å². The molecule has 0 aliphatic heterocycles. The second-order valence-corrected chi connectivity index (χ2v) is 2.52. The van der Waals surface area contributed by atoms with Gasteiger partial charge >= 0.3 is 0 Å². The van der Waals surface area contributed by atoms with Gasteiger partial charge in [0.25, 0.3) is 0 Å². The average molecular weight is 151 g/mol. The summed E-state index contributed by atoms with van der Waals surface area (Å²) in [5, 5.41) is 3.07. The molecule has 0 radical (unpaired) electrons. The first-order valence-corrected chi connectivity index (χ1v) is 3.98. The lowest BCUT2D eigenvalue weighted by Gasteiger charge is -2.08. The molecule has 0 aromatic rings. The molecule has 0 fully saturated rings. The third-order valence-corrected chi connectivity index (χ3v) is 2.04. The van der Waals surface area contributed by atoms with Gasteiger partial charge in [0.05, 0.1) is 0 Å². The molecule has 0 heterocycles. The molecule has 1 N–H and O–H groups in total. The molecule has 0 aromatic heterocycles. The molecule has 0 unspecified atom stereocenters. The highest BCUT2D eigenvalue weighted by molar-refractivity contribution is 7.81. The summed E-state index contributed by atoms with van der Waals surface area (Å²) < 4.78 is 0. The number of rotatable bonds is 4. The van der Waals surface area contributed by atoms with Gasteiger partial charge in [0.15, 0.2) is 0 Å². The van der Waals surface area contributed by atoms with E-state index in [-0.39, 0.29) is 0 Å². The summed E-state index contributed by atoms with van der Waals surface area (Å²) in [7, 11) is 1.94. The highest BCUT2D eigenvalue weighted by Gasteiger charge is 1.99. The summed E-state index contributed by atoms with van der Waals surface area (Å²) in [6.07, 6.45) is 0. The zero-order valence-corrected chi connectivity index (χ0v) is 6.88. The Bertz CT molecular complexity index is 45.7. The maximum Gasteiger partial charge on any atom is -0.000790 e. The Hall–Kier alpha value is 0.660. The van der Waals surface area contributed by atoms with Gasteiger partial charge in [-0.1, -0.05) is 0 Å². The second-order valence-electron chi connectivity index (χ2n) is 1.79. The van der Waals surface area contributed by atoms with Gasteiger partial charge in [0.1, 0.15) is 0 Å². The molecule has 0 bridgehead atoms. The van der Waals surface area contributed by atoms with Crippen LogP contribution in [0.25, 0.3) is 0 Å². The fourth-order valence-electron chi connectivity index (χ4n) is 0.476. The summed E-state index contributed by atoms with van der Waals surface area (Å²) in [6.45, 7) is 1.02. The van der Waals surface area contributed by atoms with Crippen molar-refractivity contribution in [1.29, 1.82) is 0 Å². The van der Waals surface area contributed by atoms with Crippen LogP contribution in [0.15, 0.2) is 0 Å². The van der Waals surface area contributed by atoms with Crippen molar-refractivity contribution in [3.05, 3.63) is 0 Å². The molecule has 0 aliphatic rings. The summed E-state index contributed by atoms with van der Waals surface area (Å²) in [5.41, 5.74) is 0. The largest absolute Gasteiger partial charge is 0.319 e. The highest BCUT2D eigenvalue weighted by Crippen LogP contribution is 1.98. The maximum absolute atomic E-state index is 4.14. The van der Waals surface area contributed by atoms with Crippen LogP contribution in [0.4, 0.5) is 0 Å². The van der Waals surface area contributed by atoms with Crippen molar-refractivity contribution in [3.63, 3.8) is 0 Å². The third kappa shape index (κ3) is 3.64. The smallest absolute Gasteiger partial charge is 0.000790 e. The minimum Gasteiger partial charge on any atom is -0.319 e. The molecule has 50 valence electrons. The average Bonchev–Trinajstić information content (AvgIpc) is 1.83. The van der Waals surface area contributed by atoms with Crippen LogP contribution in [0.3, 0.4) is 0 Å². The van der Waals surface area contributed by atoms with Gasteiger partial charge in [0, 0.05) is 0 Å². The number of hydrogen-bond donors (Lipinski definition) is 3. The van der Waals surface area contributed by atoms with E-state index in [0.29, 0.717) is 5.92 Å². The molecular formula is C5H13NS2. The maximum atomic E-state index is 4.14. The number of thiol groups is 2. The first-order chi connectivity index (χ1) is 3.85. The second kappa shape index (κ2) is 5.79.